The summed E-state index contributed by atoms with van der Waals surface area (Å²) in [5.41, 5.74) is 3.93. The quantitative estimate of drug-likeness (QED) is 0.450. The number of nitrogens with zero attached hydrogens (tertiary/aromatic N) is 6. The van der Waals surface area contributed by atoms with Gasteiger partial charge in [-0.1, -0.05) is 56.3 Å². The van der Waals surface area contributed by atoms with E-state index in [9.17, 15) is 4.79 Å². The summed E-state index contributed by atoms with van der Waals surface area (Å²) in [5, 5.41) is 14.1. The second kappa shape index (κ2) is 7.80. The van der Waals surface area contributed by atoms with Crippen LogP contribution < -0.4 is 5.56 Å². The number of benzene rings is 1. The lowest BCUT2D eigenvalue weighted by molar-refractivity contribution is 0.429. The highest BCUT2D eigenvalue weighted by molar-refractivity contribution is 6.30. The molecule has 4 aromatic rings. The van der Waals surface area contributed by atoms with E-state index in [1.807, 2.05) is 31.2 Å². The third-order valence-corrected chi connectivity index (χ3v) is 6.27. The van der Waals surface area contributed by atoms with Crippen LogP contribution in [-0.4, -0.2) is 29.4 Å². The van der Waals surface area contributed by atoms with Crippen LogP contribution in [-0.2, 0) is 6.42 Å². The van der Waals surface area contributed by atoms with E-state index in [1.54, 1.807) is 15.4 Å². The van der Waals surface area contributed by atoms with Crippen molar-refractivity contribution in [1.29, 1.82) is 0 Å². The molecule has 1 fully saturated rings. The van der Waals surface area contributed by atoms with Crippen molar-refractivity contribution < 1.29 is 0 Å². The molecular formula is C22H23ClN6O. The summed E-state index contributed by atoms with van der Waals surface area (Å²) >= 11 is 6.05. The number of aromatic nitrogens is 6. The fourth-order valence-electron chi connectivity index (χ4n) is 4.44. The highest BCUT2D eigenvalue weighted by atomic mass is 35.5. The second-order valence-corrected chi connectivity index (χ2v) is 8.33. The van der Waals surface area contributed by atoms with Crippen molar-refractivity contribution in [2.45, 2.75) is 57.9 Å². The normalized spacial score (nSPS) is 15.7. The molecular weight excluding hydrogens is 400 g/mol. The van der Waals surface area contributed by atoms with Gasteiger partial charge in [-0.2, -0.15) is 9.61 Å². The molecule has 1 aliphatic carbocycles. The molecule has 0 unspecified atom stereocenters. The van der Waals surface area contributed by atoms with E-state index in [4.69, 9.17) is 16.7 Å². The van der Waals surface area contributed by atoms with Crippen molar-refractivity contribution in [1.82, 2.24) is 29.4 Å². The van der Waals surface area contributed by atoms with Gasteiger partial charge in [-0.25, -0.2) is 4.98 Å². The molecule has 7 nitrogen and oxygen atoms in total. The molecule has 0 N–H and O–H groups in total. The summed E-state index contributed by atoms with van der Waals surface area (Å²) in [6.45, 7) is 2.04. The molecule has 0 saturated heterocycles. The molecule has 0 radical (unpaired) electrons. The van der Waals surface area contributed by atoms with Crippen molar-refractivity contribution >= 4 is 28.4 Å². The Morgan fingerprint density at radius 1 is 1.03 bits per heavy atom. The standard InChI is InChI=1S/C22H23ClN6O/c1-2-17-18(14-9-11-15(23)12-10-14)20-26-25-19-21(29(20)27-17)24-13-28(22(19)30)16-7-5-3-4-6-8-16/h9-13,16H,2-8H2,1H3. The molecule has 3 aromatic heterocycles. The molecule has 3 heterocycles. The molecule has 154 valence electrons. The van der Waals surface area contributed by atoms with Crippen LogP contribution in [0, 0.1) is 0 Å². The van der Waals surface area contributed by atoms with Gasteiger partial charge in [0.25, 0.3) is 5.56 Å². The van der Waals surface area contributed by atoms with Gasteiger partial charge in [0.2, 0.25) is 0 Å². The molecule has 1 aromatic carbocycles. The predicted octanol–water partition coefficient (Wildman–Crippen LogP) is 4.61. The van der Waals surface area contributed by atoms with Gasteiger partial charge in [-0.05, 0) is 37.0 Å². The summed E-state index contributed by atoms with van der Waals surface area (Å²) in [7, 11) is 0. The largest absolute Gasteiger partial charge is 0.294 e. The molecule has 1 saturated carbocycles. The SMILES string of the molecule is CCc1nn2c(nnc3c(=O)n(C4CCCCCC4)cnc32)c1-c1ccc(Cl)cc1. The van der Waals surface area contributed by atoms with Crippen molar-refractivity contribution in [2.75, 3.05) is 0 Å². The van der Waals surface area contributed by atoms with Crippen LogP contribution in [0.1, 0.15) is 57.2 Å². The van der Waals surface area contributed by atoms with E-state index in [1.165, 1.54) is 12.8 Å². The molecule has 0 aliphatic heterocycles. The van der Waals surface area contributed by atoms with E-state index in [2.05, 4.69) is 15.2 Å². The summed E-state index contributed by atoms with van der Waals surface area (Å²) in [4.78, 5) is 17.8. The predicted molar refractivity (Wildman–Crippen MR) is 117 cm³/mol. The van der Waals surface area contributed by atoms with Crippen molar-refractivity contribution in [2.24, 2.45) is 0 Å². The van der Waals surface area contributed by atoms with E-state index in [0.29, 0.717) is 16.3 Å². The lowest BCUT2D eigenvalue weighted by Gasteiger charge is -2.17. The molecule has 30 heavy (non-hydrogen) atoms. The zero-order valence-electron chi connectivity index (χ0n) is 16.9. The molecule has 0 spiro atoms. The molecule has 1 aliphatic rings. The number of hydrogen-bond acceptors (Lipinski definition) is 5. The number of fused-ring (bicyclic) bond motifs is 3. The molecule has 5 rings (SSSR count). The molecule has 0 bridgehead atoms. The molecule has 0 amide bonds. The topological polar surface area (TPSA) is 78.0 Å². The van der Waals surface area contributed by atoms with Crippen LogP contribution in [0.4, 0.5) is 0 Å². The van der Waals surface area contributed by atoms with E-state index < -0.39 is 0 Å². The Bertz CT molecular complexity index is 1270. The molecule has 0 atom stereocenters. The van der Waals surface area contributed by atoms with Crippen LogP contribution in [0.15, 0.2) is 35.4 Å². The Labute approximate surface area is 178 Å². The van der Waals surface area contributed by atoms with Crippen molar-refractivity contribution in [3.63, 3.8) is 0 Å². The smallest absolute Gasteiger partial charge is 0.283 e. The maximum atomic E-state index is 13.2. The Hall–Kier alpha value is -2.80. The second-order valence-electron chi connectivity index (χ2n) is 7.89. The van der Waals surface area contributed by atoms with E-state index >= 15 is 0 Å². The number of aryl methyl sites for hydroxylation is 1. The first-order chi connectivity index (χ1) is 14.7. The van der Waals surface area contributed by atoms with Crippen LogP contribution in [0.2, 0.25) is 5.02 Å². The van der Waals surface area contributed by atoms with Crippen LogP contribution in [0.3, 0.4) is 0 Å². The Balaban J connectivity index is 1.69. The number of rotatable bonds is 3. The minimum Gasteiger partial charge on any atom is -0.294 e. The Kier molecular flexibility index (Phi) is 4.98. The van der Waals surface area contributed by atoms with Gasteiger partial charge in [-0.3, -0.25) is 9.36 Å². The summed E-state index contributed by atoms with van der Waals surface area (Å²) in [6, 6.07) is 7.77. The monoisotopic (exact) mass is 422 g/mol. The maximum Gasteiger partial charge on any atom is 0.283 e. The van der Waals surface area contributed by atoms with Gasteiger partial charge in [-0.15, -0.1) is 10.2 Å². The van der Waals surface area contributed by atoms with Gasteiger partial charge in [0.05, 0.1) is 11.3 Å². The minimum atomic E-state index is -0.136. The van der Waals surface area contributed by atoms with Gasteiger partial charge >= 0.3 is 0 Å². The molecule has 8 heteroatoms. The lowest BCUT2D eigenvalue weighted by atomic mass is 10.0. The first-order valence-corrected chi connectivity index (χ1v) is 11.0. The third-order valence-electron chi connectivity index (χ3n) is 6.02. The first kappa shape index (κ1) is 19.2. The van der Waals surface area contributed by atoms with Gasteiger partial charge in [0.1, 0.15) is 6.33 Å². The Morgan fingerprint density at radius 2 is 1.77 bits per heavy atom. The number of halogens is 1. The first-order valence-electron chi connectivity index (χ1n) is 10.6. The highest BCUT2D eigenvalue weighted by Gasteiger charge is 2.22. The third kappa shape index (κ3) is 3.17. The van der Waals surface area contributed by atoms with Gasteiger partial charge in [0, 0.05) is 11.1 Å². The van der Waals surface area contributed by atoms with Crippen molar-refractivity contribution in [3.8, 4) is 11.1 Å². The maximum absolute atomic E-state index is 13.2. The number of hydrogen-bond donors (Lipinski definition) is 0. The summed E-state index contributed by atoms with van der Waals surface area (Å²) in [5.74, 6) is 0. The summed E-state index contributed by atoms with van der Waals surface area (Å²) < 4.78 is 3.41. The minimum absolute atomic E-state index is 0.136. The zero-order valence-corrected chi connectivity index (χ0v) is 17.6. The van der Waals surface area contributed by atoms with Gasteiger partial charge in [0.15, 0.2) is 16.8 Å². The van der Waals surface area contributed by atoms with E-state index in [0.717, 1.165) is 48.9 Å². The van der Waals surface area contributed by atoms with Crippen molar-refractivity contribution in [3.05, 3.63) is 51.7 Å². The average Bonchev–Trinajstić information content (AvgIpc) is 2.93. The fraction of sp³-hybridized carbons (Fsp3) is 0.409. The van der Waals surface area contributed by atoms with Crippen LogP contribution in [0.25, 0.3) is 27.9 Å². The van der Waals surface area contributed by atoms with Crippen LogP contribution in [0.5, 0.6) is 0 Å². The zero-order chi connectivity index (χ0) is 20.7. The Morgan fingerprint density at radius 3 is 2.47 bits per heavy atom. The average molecular weight is 423 g/mol. The van der Waals surface area contributed by atoms with Crippen LogP contribution >= 0.6 is 11.6 Å². The summed E-state index contributed by atoms with van der Waals surface area (Å²) in [6.07, 6.45) is 9.14. The lowest BCUT2D eigenvalue weighted by Crippen LogP contribution is -2.26. The van der Waals surface area contributed by atoms with Gasteiger partial charge < -0.3 is 0 Å². The van der Waals surface area contributed by atoms with E-state index in [-0.39, 0.29) is 17.1 Å². The highest BCUT2D eigenvalue weighted by Crippen LogP contribution is 2.30. The fourth-order valence-corrected chi connectivity index (χ4v) is 4.56.